The normalized spacial score (nSPS) is 15.7. The number of rotatable bonds is 7. The van der Waals surface area contributed by atoms with Crippen LogP contribution in [0.25, 0.3) is 0 Å². The summed E-state index contributed by atoms with van der Waals surface area (Å²) in [6.07, 6.45) is 1.31. The second kappa shape index (κ2) is 10.9. The van der Waals surface area contributed by atoms with E-state index >= 15 is 0 Å². The van der Waals surface area contributed by atoms with Gasteiger partial charge in [-0.2, -0.15) is 0 Å². The number of benzene rings is 1. The summed E-state index contributed by atoms with van der Waals surface area (Å²) in [6, 6.07) is 10.9. The zero-order valence-corrected chi connectivity index (χ0v) is 19.0. The molecule has 2 aromatic rings. The molecule has 1 fully saturated rings. The number of carbonyl (C=O) groups excluding carboxylic acids is 4. The van der Waals surface area contributed by atoms with Gasteiger partial charge >= 0.3 is 5.97 Å². The molecule has 1 aliphatic heterocycles. The molecule has 8 nitrogen and oxygen atoms in total. The maximum Gasteiger partial charge on any atom is 0.311 e. The number of hydrogen-bond donors (Lipinski definition) is 1. The highest BCUT2D eigenvalue weighted by Crippen LogP contribution is 2.21. The molecule has 0 saturated carbocycles. The van der Waals surface area contributed by atoms with Crippen LogP contribution in [0.4, 0.5) is 5.69 Å². The van der Waals surface area contributed by atoms with Gasteiger partial charge in [-0.3, -0.25) is 19.2 Å². The van der Waals surface area contributed by atoms with E-state index in [4.69, 9.17) is 4.74 Å². The van der Waals surface area contributed by atoms with E-state index in [-0.39, 0.29) is 24.9 Å². The lowest BCUT2D eigenvalue weighted by atomic mass is 9.98. The Balaban J connectivity index is 1.43. The maximum atomic E-state index is 12.5. The molecule has 1 atom stereocenters. The molecule has 1 aliphatic rings. The molecule has 1 aromatic heterocycles. The van der Waals surface area contributed by atoms with Crippen molar-refractivity contribution in [3.8, 4) is 0 Å². The molecule has 3 amide bonds. The van der Waals surface area contributed by atoms with Gasteiger partial charge in [-0.05, 0) is 43.3 Å². The second-order valence-corrected chi connectivity index (χ2v) is 8.79. The number of nitrogens with zero attached hydrogens (tertiary/aromatic N) is 2. The molecule has 2 heterocycles. The maximum absolute atomic E-state index is 12.5. The molecular formula is C23H27N3O5S. The third-order valence-corrected chi connectivity index (χ3v) is 6.11. The molecule has 0 spiro atoms. The number of likely N-dealkylation sites (tertiary alicyclic amines) is 1. The molecule has 0 aliphatic carbocycles. The van der Waals surface area contributed by atoms with Crippen molar-refractivity contribution in [1.29, 1.82) is 0 Å². The van der Waals surface area contributed by atoms with Crippen LogP contribution >= 0.6 is 11.3 Å². The van der Waals surface area contributed by atoms with Crippen LogP contribution in [0, 0.1) is 12.8 Å². The third-order valence-electron chi connectivity index (χ3n) is 5.25. The van der Waals surface area contributed by atoms with Crippen molar-refractivity contribution >= 4 is 40.7 Å². The van der Waals surface area contributed by atoms with Crippen molar-refractivity contribution < 1.29 is 23.9 Å². The summed E-state index contributed by atoms with van der Waals surface area (Å²) < 4.78 is 5.20. The average molecular weight is 458 g/mol. The van der Waals surface area contributed by atoms with Crippen LogP contribution in [0.1, 0.15) is 28.1 Å². The molecule has 1 saturated heterocycles. The molecule has 170 valence electrons. The van der Waals surface area contributed by atoms with Gasteiger partial charge in [0, 0.05) is 25.8 Å². The van der Waals surface area contributed by atoms with E-state index in [1.54, 1.807) is 23.1 Å². The van der Waals surface area contributed by atoms with Gasteiger partial charge in [-0.1, -0.05) is 23.8 Å². The fourth-order valence-corrected chi connectivity index (χ4v) is 4.10. The van der Waals surface area contributed by atoms with Crippen LogP contribution in [-0.2, 0) is 19.1 Å². The van der Waals surface area contributed by atoms with E-state index in [2.05, 4.69) is 5.32 Å². The highest BCUT2D eigenvalue weighted by atomic mass is 32.1. The van der Waals surface area contributed by atoms with Gasteiger partial charge in [0.15, 0.2) is 6.61 Å². The standard InChI is InChI=1S/C23H27N3O5S/c1-16-7-9-18(10-8-16)24-20(27)14-25(2)21(28)15-31-23(30)17-5-3-11-26(13-17)22(29)19-6-4-12-32-19/h4,6-10,12,17H,3,5,11,13-15H2,1-2H3,(H,24,27)/t17-/m1/s1. The van der Waals surface area contributed by atoms with Crippen LogP contribution in [0.3, 0.4) is 0 Å². The first kappa shape index (κ1) is 23.5. The van der Waals surface area contributed by atoms with Crippen molar-refractivity contribution in [2.24, 2.45) is 5.92 Å². The zero-order chi connectivity index (χ0) is 23.1. The number of aryl methyl sites for hydroxylation is 1. The summed E-state index contributed by atoms with van der Waals surface area (Å²) in [7, 11) is 1.48. The van der Waals surface area contributed by atoms with Crippen LogP contribution < -0.4 is 5.32 Å². The number of nitrogens with one attached hydrogen (secondary N) is 1. The Labute approximate surface area is 191 Å². The molecule has 32 heavy (non-hydrogen) atoms. The van der Waals surface area contributed by atoms with Crippen LogP contribution in [0.5, 0.6) is 0 Å². The quantitative estimate of drug-likeness (QED) is 0.645. The number of hydrogen-bond acceptors (Lipinski definition) is 6. The average Bonchev–Trinajstić information content (AvgIpc) is 3.33. The number of likely N-dealkylation sites (N-methyl/N-ethyl adjacent to an activating group) is 1. The zero-order valence-electron chi connectivity index (χ0n) is 18.2. The Kier molecular flexibility index (Phi) is 7.99. The van der Waals surface area contributed by atoms with Crippen molar-refractivity contribution in [1.82, 2.24) is 9.80 Å². The molecule has 3 rings (SSSR count). The lowest BCUT2D eigenvalue weighted by molar-refractivity contribution is -0.156. The minimum Gasteiger partial charge on any atom is -0.455 e. The van der Waals surface area contributed by atoms with E-state index in [0.717, 1.165) is 5.56 Å². The summed E-state index contributed by atoms with van der Waals surface area (Å²) in [6.45, 7) is 2.22. The number of ether oxygens (including phenoxy) is 1. The molecule has 0 bridgehead atoms. The van der Waals surface area contributed by atoms with E-state index < -0.39 is 24.4 Å². The summed E-state index contributed by atoms with van der Waals surface area (Å²) in [5, 5.41) is 4.56. The van der Waals surface area contributed by atoms with Crippen molar-refractivity contribution in [3.63, 3.8) is 0 Å². The molecule has 1 N–H and O–H groups in total. The topological polar surface area (TPSA) is 96.0 Å². The van der Waals surface area contributed by atoms with Crippen molar-refractivity contribution in [2.75, 3.05) is 38.6 Å². The smallest absolute Gasteiger partial charge is 0.311 e. The first-order valence-electron chi connectivity index (χ1n) is 10.4. The number of amides is 3. The highest BCUT2D eigenvalue weighted by Gasteiger charge is 2.30. The summed E-state index contributed by atoms with van der Waals surface area (Å²) in [4.78, 5) is 52.9. The first-order valence-corrected chi connectivity index (χ1v) is 11.3. The summed E-state index contributed by atoms with van der Waals surface area (Å²) >= 11 is 1.37. The molecular weight excluding hydrogens is 430 g/mol. The number of piperidine rings is 1. The molecule has 1 aromatic carbocycles. The summed E-state index contributed by atoms with van der Waals surface area (Å²) in [5.41, 5.74) is 1.72. The van der Waals surface area contributed by atoms with Crippen molar-refractivity contribution in [2.45, 2.75) is 19.8 Å². The molecule has 9 heteroatoms. The Morgan fingerprint density at radius 1 is 1.19 bits per heavy atom. The SMILES string of the molecule is Cc1ccc(NC(=O)CN(C)C(=O)COC(=O)[C@@H]2CCCN(C(=O)c3cccs3)C2)cc1. The summed E-state index contributed by atoms with van der Waals surface area (Å²) in [5.74, 6) is -1.87. The monoisotopic (exact) mass is 457 g/mol. The predicted molar refractivity (Wildman–Crippen MR) is 121 cm³/mol. The minimum atomic E-state index is -0.500. The molecule has 0 radical (unpaired) electrons. The lowest BCUT2D eigenvalue weighted by Crippen LogP contribution is -2.43. The Bertz CT molecular complexity index is 959. The van der Waals surface area contributed by atoms with Crippen LogP contribution in [0.15, 0.2) is 41.8 Å². The Morgan fingerprint density at radius 2 is 1.94 bits per heavy atom. The fraction of sp³-hybridized carbons (Fsp3) is 0.391. The van der Waals surface area contributed by atoms with Gasteiger partial charge in [-0.15, -0.1) is 11.3 Å². The van der Waals surface area contributed by atoms with Crippen LogP contribution in [0.2, 0.25) is 0 Å². The first-order chi connectivity index (χ1) is 15.3. The fourth-order valence-electron chi connectivity index (χ4n) is 3.41. The Hall–Kier alpha value is -3.20. The minimum absolute atomic E-state index is 0.0899. The second-order valence-electron chi connectivity index (χ2n) is 7.84. The number of carbonyl (C=O) groups is 4. The van der Waals surface area contributed by atoms with Gasteiger partial charge in [0.25, 0.3) is 11.8 Å². The molecule has 0 unspecified atom stereocenters. The van der Waals surface area contributed by atoms with Crippen molar-refractivity contribution in [3.05, 3.63) is 52.2 Å². The van der Waals surface area contributed by atoms with E-state index in [0.29, 0.717) is 30.0 Å². The Morgan fingerprint density at radius 3 is 2.62 bits per heavy atom. The third kappa shape index (κ3) is 6.40. The van der Waals surface area contributed by atoms with Gasteiger partial charge in [0.2, 0.25) is 5.91 Å². The van der Waals surface area contributed by atoms with E-state index in [1.807, 2.05) is 30.5 Å². The van der Waals surface area contributed by atoms with Gasteiger partial charge < -0.3 is 19.9 Å². The number of thiophene rings is 1. The van der Waals surface area contributed by atoms with E-state index in [1.165, 1.54) is 23.3 Å². The van der Waals surface area contributed by atoms with Crippen LogP contribution in [-0.4, -0.2) is 66.8 Å². The van der Waals surface area contributed by atoms with Gasteiger partial charge in [0.05, 0.1) is 17.3 Å². The largest absolute Gasteiger partial charge is 0.455 e. The van der Waals surface area contributed by atoms with Gasteiger partial charge in [0.1, 0.15) is 0 Å². The number of anilines is 1. The number of esters is 1. The highest BCUT2D eigenvalue weighted by molar-refractivity contribution is 7.12. The van der Waals surface area contributed by atoms with Gasteiger partial charge in [-0.25, -0.2) is 0 Å². The van der Waals surface area contributed by atoms with E-state index in [9.17, 15) is 19.2 Å². The lowest BCUT2D eigenvalue weighted by Gasteiger charge is -2.31. The predicted octanol–water partition coefficient (Wildman–Crippen LogP) is 2.55.